The molecule has 0 aromatic heterocycles. The summed E-state index contributed by atoms with van der Waals surface area (Å²) in [7, 11) is 0. The number of hydrogen-bond donors (Lipinski definition) is 1. The number of ketones is 1. The minimum absolute atomic E-state index is 0.0121. The summed E-state index contributed by atoms with van der Waals surface area (Å²) in [4.78, 5) is 12.1. The SMILES string of the molecule is CC1=CC(=O)C2(CC2)C(O)(c2ccc(F)cc2)C1. The summed E-state index contributed by atoms with van der Waals surface area (Å²) in [6.45, 7) is 1.85. The van der Waals surface area contributed by atoms with E-state index in [1.54, 1.807) is 18.2 Å². The fourth-order valence-corrected chi connectivity index (χ4v) is 3.08. The Labute approximate surface area is 105 Å². The molecule has 0 aliphatic heterocycles. The maximum atomic E-state index is 13.0. The van der Waals surface area contributed by atoms with Gasteiger partial charge in [-0.2, -0.15) is 0 Å². The first-order chi connectivity index (χ1) is 8.48. The number of allylic oxidation sites excluding steroid dienone is 1. The molecule has 3 rings (SSSR count). The van der Waals surface area contributed by atoms with Crippen molar-refractivity contribution in [1.82, 2.24) is 0 Å². The second-order valence-corrected chi connectivity index (χ2v) is 5.48. The molecule has 2 aliphatic carbocycles. The molecule has 3 heteroatoms. The van der Waals surface area contributed by atoms with E-state index in [1.807, 2.05) is 6.92 Å². The molecule has 1 fully saturated rings. The van der Waals surface area contributed by atoms with Crippen molar-refractivity contribution >= 4 is 5.78 Å². The zero-order valence-electron chi connectivity index (χ0n) is 10.2. The standard InChI is InChI=1S/C15H15FO2/c1-10-8-13(17)14(6-7-14)15(18,9-10)11-2-4-12(16)5-3-11/h2-5,8,18H,6-7,9H2,1H3. The molecule has 2 nitrogen and oxygen atoms in total. The Kier molecular flexibility index (Phi) is 2.26. The summed E-state index contributed by atoms with van der Waals surface area (Å²) in [5.74, 6) is -0.320. The van der Waals surface area contributed by atoms with E-state index < -0.39 is 11.0 Å². The summed E-state index contributed by atoms with van der Waals surface area (Å²) in [5.41, 5.74) is -0.312. The van der Waals surface area contributed by atoms with Gasteiger partial charge in [-0.25, -0.2) is 4.39 Å². The number of hydrogen-bond acceptors (Lipinski definition) is 2. The molecule has 0 amide bonds. The van der Waals surface area contributed by atoms with Crippen LogP contribution in [-0.2, 0) is 10.4 Å². The Hall–Kier alpha value is -1.48. The zero-order chi connectivity index (χ0) is 13.0. The highest BCUT2D eigenvalue weighted by molar-refractivity contribution is 5.99. The van der Waals surface area contributed by atoms with Gasteiger partial charge in [-0.1, -0.05) is 17.7 Å². The van der Waals surface area contributed by atoms with Crippen LogP contribution in [0.15, 0.2) is 35.9 Å². The minimum atomic E-state index is -1.17. The number of benzene rings is 1. The summed E-state index contributed by atoms with van der Waals surface area (Å²) in [6, 6.07) is 5.84. The topological polar surface area (TPSA) is 37.3 Å². The highest BCUT2D eigenvalue weighted by Crippen LogP contribution is 2.63. The summed E-state index contributed by atoms with van der Waals surface area (Å²) in [6.07, 6.45) is 3.52. The van der Waals surface area contributed by atoms with Crippen molar-refractivity contribution in [2.45, 2.75) is 31.8 Å². The number of carbonyl (C=O) groups is 1. The molecule has 1 saturated carbocycles. The lowest BCUT2D eigenvalue weighted by molar-refractivity contribution is -0.134. The minimum Gasteiger partial charge on any atom is -0.384 e. The predicted molar refractivity (Wildman–Crippen MR) is 65.3 cm³/mol. The van der Waals surface area contributed by atoms with Crippen LogP contribution in [0.1, 0.15) is 31.7 Å². The summed E-state index contributed by atoms with van der Waals surface area (Å²) in [5, 5.41) is 11.0. The second-order valence-electron chi connectivity index (χ2n) is 5.48. The van der Waals surface area contributed by atoms with Gasteiger partial charge in [0.2, 0.25) is 0 Å². The number of aliphatic hydroxyl groups is 1. The largest absolute Gasteiger partial charge is 0.384 e. The van der Waals surface area contributed by atoms with E-state index in [0.29, 0.717) is 24.8 Å². The average molecular weight is 246 g/mol. The van der Waals surface area contributed by atoms with Crippen LogP contribution in [0, 0.1) is 11.2 Å². The van der Waals surface area contributed by atoms with E-state index in [9.17, 15) is 14.3 Å². The third kappa shape index (κ3) is 1.40. The van der Waals surface area contributed by atoms with E-state index in [0.717, 1.165) is 5.57 Å². The van der Waals surface area contributed by atoms with Crippen molar-refractivity contribution in [3.05, 3.63) is 47.3 Å². The molecule has 1 spiro atoms. The third-order valence-electron chi connectivity index (χ3n) is 4.25. The van der Waals surface area contributed by atoms with Gasteiger partial charge in [0.25, 0.3) is 0 Å². The van der Waals surface area contributed by atoms with Gasteiger partial charge in [0.1, 0.15) is 11.4 Å². The third-order valence-corrected chi connectivity index (χ3v) is 4.25. The van der Waals surface area contributed by atoms with Crippen molar-refractivity contribution < 1.29 is 14.3 Å². The monoisotopic (exact) mass is 246 g/mol. The van der Waals surface area contributed by atoms with Crippen LogP contribution < -0.4 is 0 Å². The first-order valence-electron chi connectivity index (χ1n) is 6.18. The van der Waals surface area contributed by atoms with Crippen LogP contribution in [0.25, 0.3) is 0 Å². The lowest BCUT2D eigenvalue weighted by Crippen LogP contribution is -2.44. The smallest absolute Gasteiger partial charge is 0.165 e. The zero-order valence-corrected chi connectivity index (χ0v) is 10.2. The molecule has 1 N–H and O–H groups in total. The molecule has 18 heavy (non-hydrogen) atoms. The summed E-state index contributed by atoms with van der Waals surface area (Å²) < 4.78 is 13.0. The van der Waals surface area contributed by atoms with E-state index in [1.165, 1.54) is 12.1 Å². The first kappa shape index (κ1) is 11.6. The number of rotatable bonds is 1. The molecule has 1 atom stereocenters. The fourth-order valence-electron chi connectivity index (χ4n) is 3.08. The van der Waals surface area contributed by atoms with Gasteiger partial charge in [-0.15, -0.1) is 0 Å². The van der Waals surface area contributed by atoms with Gasteiger partial charge in [0.15, 0.2) is 5.78 Å². The maximum absolute atomic E-state index is 13.0. The molecule has 1 unspecified atom stereocenters. The van der Waals surface area contributed by atoms with E-state index in [4.69, 9.17) is 0 Å². The van der Waals surface area contributed by atoms with Crippen LogP contribution in [0.3, 0.4) is 0 Å². The highest BCUT2D eigenvalue weighted by atomic mass is 19.1. The van der Waals surface area contributed by atoms with Crippen molar-refractivity contribution in [3.8, 4) is 0 Å². The van der Waals surface area contributed by atoms with Crippen LogP contribution in [0.2, 0.25) is 0 Å². The molecular weight excluding hydrogens is 231 g/mol. The lowest BCUT2D eigenvalue weighted by atomic mass is 9.69. The van der Waals surface area contributed by atoms with E-state index >= 15 is 0 Å². The Balaban J connectivity index is 2.11. The summed E-state index contributed by atoms with van der Waals surface area (Å²) >= 11 is 0. The number of halogens is 1. The Morgan fingerprint density at radius 1 is 1.22 bits per heavy atom. The normalized spacial score (nSPS) is 29.3. The van der Waals surface area contributed by atoms with Gasteiger partial charge in [0.05, 0.1) is 5.41 Å². The van der Waals surface area contributed by atoms with Gasteiger partial charge in [-0.05, 0) is 43.5 Å². The van der Waals surface area contributed by atoms with Crippen LogP contribution in [0.4, 0.5) is 4.39 Å². The lowest BCUT2D eigenvalue weighted by Gasteiger charge is -2.39. The van der Waals surface area contributed by atoms with Gasteiger partial charge < -0.3 is 5.11 Å². The Morgan fingerprint density at radius 3 is 2.39 bits per heavy atom. The molecule has 0 heterocycles. The molecule has 1 aromatic carbocycles. The quantitative estimate of drug-likeness (QED) is 0.827. The molecule has 0 saturated heterocycles. The van der Waals surface area contributed by atoms with Crippen molar-refractivity contribution in [1.29, 1.82) is 0 Å². The van der Waals surface area contributed by atoms with Crippen molar-refractivity contribution in [3.63, 3.8) is 0 Å². The molecule has 0 radical (unpaired) electrons. The van der Waals surface area contributed by atoms with E-state index in [2.05, 4.69) is 0 Å². The number of carbonyl (C=O) groups excluding carboxylic acids is 1. The van der Waals surface area contributed by atoms with Gasteiger partial charge in [-0.3, -0.25) is 4.79 Å². The first-order valence-corrected chi connectivity index (χ1v) is 6.18. The van der Waals surface area contributed by atoms with Crippen LogP contribution in [-0.4, -0.2) is 10.9 Å². The highest BCUT2D eigenvalue weighted by Gasteiger charge is 2.64. The molecule has 0 bridgehead atoms. The predicted octanol–water partition coefficient (Wildman–Crippen LogP) is 2.71. The van der Waals surface area contributed by atoms with Crippen molar-refractivity contribution in [2.24, 2.45) is 5.41 Å². The average Bonchev–Trinajstić information content (AvgIpc) is 3.09. The molecule has 1 aromatic rings. The van der Waals surface area contributed by atoms with Crippen LogP contribution >= 0.6 is 0 Å². The van der Waals surface area contributed by atoms with Crippen molar-refractivity contribution in [2.75, 3.05) is 0 Å². The van der Waals surface area contributed by atoms with Gasteiger partial charge in [0, 0.05) is 6.42 Å². The molecule has 2 aliphatic rings. The Bertz CT molecular complexity index is 540. The van der Waals surface area contributed by atoms with E-state index in [-0.39, 0.29) is 11.6 Å². The fraction of sp³-hybridized carbons (Fsp3) is 0.400. The second kappa shape index (κ2) is 3.51. The molecule has 94 valence electrons. The van der Waals surface area contributed by atoms with Gasteiger partial charge >= 0.3 is 0 Å². The van der Waals surface area contributed by atoms with Crippen LogP contribution in [0.5, 0.6) is 0 Å². The maximum Gasteiger partial charge on any atom is 0.165 e. The molecular formula is C15H15FO2. The Morgan fingerprint density at radius 2 is 1.83 bits per heavy atom.